The van der Waals surface area contributed by atoms with Crippen LogP contribution in [0.2, 0.25) is 0 Å². The average Bonchev–Trinajstić information content (AvgIpc) is 3.44. The molecule has 36 heavy (non-hydrogen) atoms. The minimum Gasteiger partial charge on any atom is -0.504 e. The van der Waals surface area contributed by atoms with Crippen molar-refractivity contribution < 1.29 is 34.4 Å². The number of aliphatic hydroxyl groups is 1. The van der Waals surface area contributed by atoms with Gasteiger partial charge >= 0.3 is 5.97 Å². The Morgan fingerprint density at radius 2 is 1.89 bits per heavy atom. The Bertz CT molecular complexity index is 1040. The summed E-state index contributed by atoms with van der Waals surface area (Å²) in [4.78, 5) is 40.3. The third kappa shape index (κ3) is 4.53. The molecule has 9 heteroatoms. The molecule has 1 saturated heterocycles. The topological polar surface area (TPSA) is 136 Å². The Labute approximate surface area is 211 Å². The molecule has 2 bridgehead atoms. The van der Waals surface area contributed by atoms with E-state index in [0.717, 1.165) is 19.3 Å². The molecule has 0 aromatic heterocycles. The SMILES string of the molecule is CC(NC(=O)C(O)Cc1ccc(O)c(O)c1)C(=O)N1CCCC1C(=O)OC1CC2CCC1(C)C2(C)C. The zero-order valence-electron chi connectivity index (χ0n) is 21.5. The summed E-state index contributed by atoms with van der Waals surface area (Å²) in [5, 5.41) is 31.8. The normalized spacial score (nSPS) is 30.1. The maximum absolute atomic E-state index is 13.2. The number of aromatic hydroxyl groups is 2. The Morgan fingerprint density at radius 3 is 2.50 bits per heavy atom. The minimum absolute atomic E-state index is 0.0630. The van der Waals surface area contributed by atoms with Crippen molar-refractivity contribution in [2.75, 3.05) is 6.54 Å². The van der Waals surface area contributed by atoms with Crippen LogP contribution >= 0.6 is 0 Å². The Kier molecular flexibility index (Phi) is 6.98. The van der Waals surface area contributed by atoms with Gasteiger partial charge in [0.25, 0.3) is 0 Å². The first-order valence-electron chi connectivity index (χ1n) is 12.9. The fraction of sp³-hybridized carbons (Fsp3) is 0.667. The van der Waals surface area contributed by atoms with E-state index < -0.39 is 30.0 Å². The van der Waals surface area contributed by atoms with Crippen LogP contribution in [-0.2, 0) is 25.5 Å². The molecule has 6 unspecified atom stereocenters. The number of phenols is 2. The number of nitrogens with zero attached hydrogens (tertiary/aromatic N) is 1. The number of fused-ring (bicyclic) bond motifs is 2. The summed E-state index contributed by atoms with van der Waals surface area (Å²) < 4.78 is 6.03. The number of hydrogen-bond acceptors (Lipinski definition) is 7. The molecule has 2 saturated carbocycles. The van der Waals surface area contributed by atoms with Crippen LogP contribution in [-0.4, -0.2) is 68.8 Å². The van der Waals surface area contributed by atoms with Crippen molar-refractivity contribution in [2.24, 2.45) is 16.7 Å². The molecule has 1 aliphatic heterocycles. The van der Waals surface area contributed by atoms with E-state index in [1.165, 1.54) is 30.0 Å². The lowest BCUT2D eigenvalue weighted by atomic mass is 9.70. The van der Waals surface area contributed by atoms with Crippen molar-refractivity contribution in [1.29, 1.82) is 0 Å². The van der Waals surface area contributed by atoms with Crippen molar-refractivity contribution >= 4 is 17.8 Å². The highest BCUT2D eigenvalue weighted by molar-refractivity contribution is 5.92. The first kappa shape index (κ1) is 26.3. The smallest absolute Gasteiger partial charge is 0.329 e. The third-order valence-corrected chi connectivity index (χ3v) is 9.28. The number of carbonyl (C=O) groups excluding carboxylic acids is 3. The van der Waals surface area contributed by atoms with Crippen molar-refractivity contribution in [3.8, 4) is 11.5 Å². The number of hydrogen-bond donors (Lipinski definition) is 4. The van der Waals surface area contributed by atoms with Crippen LogP contribution in [0.3, 0.4) is 0 Å². The van der Waals surface area contributed by atoms with Gasteiger partial charge in [-0.15, -0.1) is 0 Å². The number of phenolic OH excluding ortho intramolecular Hbond substituents is 2. The van der Waals surface area contributed by atoms with E-state index in [4.69, 9.17) is 4.74 Å². The number of benzene rings is 1. The zero-order valence-corrected chi connectivity index (χ0v) is 21.5. The van der Waals surface area contributed by atoms with E-state index >= 15 is 0 Å². The summed E-state index contributed by atoms with van der Waals surface area (Å²) in [6, 6.07) is 2.41. The maximum atomic E-state index is 13.2. The van der Waals surface area contributed by atoms with Gasteiger partial charge in [0.2, 0.25) is 11.8 Å². The van der Waals surface area contributed by atoms with Crippen LogP contribution in [0, 0.1) is 16.7 Å². The van der Waals surface area contributed by atoms with Gasteiger partial charge in [-0.25, -0.2) is 4.79 Å². The van der Waals surface area contributed by atoms with Crippen molar-refractivity contribution in [3.05, 3.63) is 23.8 Å². The van der Waals surface area contributed by atoms with E-state index in [1.54, 1.807) is 0 Å². The van der Waals surface area contributed by atoms with Crippen molar-refractivity contribution in [1.82, 2.24) is 10.2 Å². The largest absolute Gasteiger partial charge is 0.504 e. The van der Waals surface area contributed by atoms with Gasteiger partial charge in [0.15, 0.2) is 11.5 Å². The highest BCUT2D eigenvalue weighted by Gasteiger charge is 2.63. The number of esters is 1. The van der Waals surface area contributed by atoms with Gasteiger partial charge in [-0.2, -0.15) is 0 Å². The molecular formula is C27H38N2O7. The lowest BCUT2D eigenvalue weighted by Gasteiger charge is -2.39. The summed E-state index contributed by atoms with van der Waals surface area (Å²) in [5.41, 5.74) is 0.500. The fourth-order valence-corrected chi connectivity index (χ4v) is 6.43. The molecule has 4 rings (SSSR count). The second-order valence-corrected chi connectivity index (χ2v) is 11.5. The monoisotopic (exact) mass is 502 g/mol. The molecule has 3 aliphatic rings. The van der Waals surface area contributed by atoms with E-state index in [2.05, 4.69) is 26.1 Å². The standard InChI is InChI=1S/C27H38N2O7/c1-15(28-23(33)21(32)13-16-7-8-19(30)20(31)12-16)24(34)29-11-5-6-18(29)25(35)36-22-14-17-9-10-27(22,4)26(17,2)3/h7-8,12,15,17-18,21-22,30-32H,5-6,9-11,13-14H2,1-4H3,(H,28,33). The number of aliphatic hydroxyl groups excluding tert-OH is 1. The molecule has 4 N–H and O–H groups in total. The number of ether oxygens (including phenoxy) is 1. The first-order valence-corrected chi connectivity index (χ1v) is 12.9. The van der Waals surface area contributed by atoms with E-state index in [-0.39, 0.29) is 40.8 Å². The summed E-state index contributed by atoms with van der Waals surface area (Å²) in [6.45, 7) is 8.65. The summed E-state index contributed by atoms with van der Waals surface area (Å²) >= 11 is 0. The highest BCUT2D eigenvalue weighted by atomic mass is 16.5. The summed E-state index contributed by atoms with van der Waals surface area (Å²) in [7, 11) is 0. The number of rotatable bonds is 7. The quantitative estimate of drug-likeness (QED) is 0.332. The number of amides is 2. The fourth-order valence-electron chi connectivity index (χ4n) is 6.43. The Morgan fingerprint density at radius 1 is 1.17 bits per heavy atom. The van der Waals surface area contributed by atoms with Gasteiger partial charge in [0, 0.05) is 18.4 Å². The summed E-state index contributed by atoms with van der Waals surface area (Å²) in [5.74, 6) is -1.61. The second-order valence-electron chi connectivity index (χ2n) is 11.5. The van der Waals surface area contributed by atoms with Gasteiger partial charge in [0.05, 0.1) is 0 Å². The van der Waals surface area contributed by atoms with Crippen molar-refractivity contribution in [2.45, 2.75) is 90.5 Å². The molecule has 1 aromatic rings. The van der Waals surface area contributed by atoms with Crippen LogP contribution in [0.25, 0.3) is 0 Å². The molecule has 6 atom stereocenters. The Balaban J connectivity index is 1.33. The van der Waals surface area contributed by atoms with Gasteiger partial charge in [-0.1, -0.05) is 26.8 Å². The van der Waals surface area contributed by atoms with Crippen LogP contribution in [0.5, 0.6) is 11.5 Å². The third-order valence-electron chi connectivity index (χ3n) is 9.28. The molecule has 198 valence electrons. The van der Waals surface area contributed by atoms with Crippen LogP contribution in [0.4, 0.5) is 0 Å². The molecule has 1 heterocycles. The minimum atomic E-state index is -1.45. The number of nitrogens with one attached hydrogen (secondary N) is 1. The molecule has 0 radical (unpaired) electrons. The van der Waals surface area contributed by atoms with Crippen LogP contribution in [0.15, 0.2) is 18.2 Å². The van der Waals surface area contributed by atoms with Gasteiger partial charge in [-0.05, 0) is 68.1 Å². The molecule has 0 spiro atoms. The molecule has 3 fully saturated rings. The average molecular weight is 503 g/mol. The molecule has 1 aromatic carbocycles. The highest BCUT2D eigenvalue weighted by Crippen LogP contribution is 2.66. The van der Waals surface area contributed by atoms with E-state index in [9.17, 15) is 29.7 Å². The van der Waals surface area contributed by atoms with E-state index in [1.807, 2.05) is 0 Å². The molecular weight excluding hydrogens is 464 g/mol. The van der Waals surface area contributed by atoms with Crippen LogP contribution in [0.1, 0.15) is 65.4 Å². The van der Waals surface area contributed by atoms with E-state index in [0.29, 0.717) is 30.9 Å². The Hall–Kier alpha value is -2.81. The van der Waals surface area contributed by atoms with Gasteiger partial charge in [-0.3, -0.25) is 9.59 Å². The van der Waals surface area contributed by atoms with Gasteiger partial charge in [0.1, 0.15) is 24.3 Å². The van der Waals surface area contributed by atoms with Gasteiger partial charge < -0.3 is 30.3 Å². The predicted molar refractivity (Wildman–Crippen MR) is 131 cm³/mol. The predicted octanol–water partition coefficient (Wildman–Crippen LogP) is 2.25. The second kappa shape index (κ2) is 9.57. The summed E-state index contributed by atoms with van der Waals surface area (Å²) in [6.07, 6.45) is 2.54. The van der Waals surface area contributed by atoms with Crippen molar-refractivity contribution in [3.63, 3.8) is 0 Å². The number of carbonyl (C=O) groups is 3. The van der Waals surface area contributed by atoms with Crippen LogP contribution < -0.4 is 5.32 Å². The number of likely N-dealkylation sites (tertiary alicyclic amines) is 1. The lowest BCUT2D eigenvalue weighted by molar-refractivity contribution is -0.165. The first-order chi connectivity index (χ1) is 16.8. The molecule has 9 nitrogen and oxygen atoms in total. The molecule has 2 amide bonds. The lowest BCUT2D eigenvalue weighted by Crippen LogP contribution is -2.53. The zero-order chi connectivity index (χ0) is 26.4. The molecule has 2 aliphatic carbocycles. The maximum Gasteiger partial charge on any atom is 0.329 e.